The first-order valence-electron chi connectivity index (χ1n) is 7.42. The molecule has 1 aliphatic heterocycles. The van der Waals surface area contributed by atoms with E-state index in [4.69, 9.17) is 4.74 Å². The average Bonchev–Trinajstić information content (AvgIpc) is 2.46. The van der Waals surface area contributed by atoms with Gasteiger partial charge in [0.2, 0.25) is 5.91 Å². The number of para-hydroxylation sites is 1. The molecule has 1 heterocycles. The average molecular weight is 276 g/mol. The van der Waals surface area contributed by atoms with Crippen molar-refractivity contribution in [2.45, 2.75) is 32.7 Å². The van der Waals surface area contributed by atoms with Crippen LogP contribution in [-0.4, -0.2) is 43.1 Å². The molecular formula is C16H24N2O2. The number of ether oxygens (including phenoxy) is 1. The van der Waals surface area contributed by atoms with E-state index in [0.717, 1.165) is 37.4 Å². The lowest BCUT2D eigenvalue weighted by molar-refractivity contribution is -0.132. The van der Waals surface area contributed by atoms with Gasteiger partial charge in [0.25, 0.3) is 0 Å². The zero-order chi connectivity index (χ0) is 14.4. The molecule has 1 aromatic carbocycles. The van der Waals surface area contributed by atoms with Crippen molar-refractivity contribution in [3.05, 3.63) is 29.8 Å². The quantitative estimate of drug-likeness (QED) is 0.892. The van der Waals surface area contributed by atoms with Crippen molar-refractivity contribution in [1.29, 1.82) is 0 Å². The van der Waals surface area contributed by atoms with Crippen LogP contribution in [0.5, 0.6) is 5.75 Å². The van der Waals surface area contributed by atoms with Crippen molar-refractivity contribution >= 4 is 5.91 Å². The number of carbonyl (C=O) groups is 1. The van der Waals surface area contributed by atoms with E-state index in [-0.39, 0.29) is 5.91 Å². The number of benzene rings is 1. The molecule has 1 saturated heterocycles. The van der Waals surface area contributed by atoms with Gasteiger partial charge < -0.3 is 15.0 Å². The molecule has 0 radical (unpaired) electrons. The molecule has 0 aromatic heterocycles. The number of piperazine rings is 1. The fourth-order valence-corrected chi connectivity index (χ4v) is 2.57. The Kier molecular flexibility index (Phi) is 5.41. The van der Waals surface area contributed by atoms with Gasteiger partial charge in [-0.2, -0.15) is 0 Å². The SMILES string of the molecule is CCOc1ccccc1CCC(=O)N1CCNC(C)C1. The second-order valence-electron chi connectivity index (χ2n) is 5.24. The molecule has 1 aliphatic rings. The van der Waals surface area contributed by atoms with E-state index in [2.05, 4.69) is 12.2 Å². The molecule has 1 fully saturated rings. The molecule has 0 spiro atoms. The van der Waals surface area contributed by atoms with Crippen molar-refractivity contribution in [3.63, 3.8) is 0 Å². The minimum absolute atomic E-state index is 0.240. The van der Waals surface area contributed by atoms with Gasteiger partial charge >= 0.3 is 0 Å². The Morgan fingerprint density at radius 3 is 3.00 bits per heavy atom. The highest BCUT2D eigenvalue weighted by molar-refractivity contribution is 5.76. The molecule has 1 aromatic rings. The summed E-state index contributed by atoms with van der Waals surface area (Å²) in [7, 11) is 0. The predicted octanol–water partition coefficient (Wildman–Crippen LogP) is 1.84. The van der Waals surface area contributed by atoms with E-state index in [1.807, 2.05) is 36.1 Å². The van der Waals surface area contributed by atoms with Crippen molar-refractivity contribution in [1.82, 2.24) is 10.2 Å². The number of rotatable bonds is 5. The van der Waals surface area contributed by atoms with Crippen LogP contribution in [0, 0.1) is 0 Å². The third-order valence-electron chi connectivity index (χ3n) is 3.60. The molecule has 0 bridgehead atoms. The zero-order valence-electron chi connectivity index (χ0n) is 12.4. The summed E-state index contributed by atoms with van der Waals surface area (Å²) in [5, 5.41) is 3.35. The minimum atomic E-state index is 0.240. The zero-order valence-corrected chi connectivity index (χ0v) is 12.4. The Bertz CT molecular complexity index is 448. The highest BCUT2D eigenvalue weighted by Gasteiger charge is 2.20. The van der Waals surface area contributed by atoms with E-state index in [1.165, 1.54) is 0 Å². The highest BCUT2D eigenvalue weighted by atomic mass is 16.5. The summed E-state index contributed by atoms with van der Waals surface area (Å²) in [6.07, 6.45) is 1.30. The fraction of sp³-hybridized carbons (Fsp3) is 0.562. The van der Waals surface area contributed by atoms with Gasteiger partial charge in [-0.15, -0.1) is 0 Å². The van der Waals surface area contributed by atoms with Crippen LogP contribution in [0.3, 0.4) is 0 Å². The molecule has 4 heteroatoms. The Morgan fingerprint density at radius 2 is 2.25 bits per heavy atom. The van der Waals surface area contributed by atoms with Gasteiger partial charge in [0.1, 0.15) is 5.75 Å². The lowest BCUT2D eigenvalue weighted by Crippen LogP contribution is -2.51. The lowest BCUT2D eigenvalue weighted by Gasteiger charge is -2.32. The smallest absolute Gasteiger partial charge is 0.223 e. The van der Waals surface area contributed by atoms with E-state index in [9.17, 15) is 4.79 Å². The second kappa shape index (κ2) is 7.29. The molecule has 0 saturated carbocycles. The van der Waals surface area contributed by atoms with Crippen LogP contribution in [0.25, 0.3) is 0 Å². The highest BCUT2D eigenvalue weighted by Crippen LogP contribution is 2.20. The Labute approximate surface area is 121 Å². The molecular weight excluding hydrogens is 252 g/mol. The van der Waals surface area contributed by atoms with E-state index in [0.29, 0.717) is 19.1 Å². The van der Waals surface area contributed by atoms with Gasteiger partial charge in [-0.3, -0.25) is 4.79 Å². The normalized spacial score (nSPS) is 18.9. The summed E-state index contributed by atoms with van der Waals surface area (Å²) < 4.78 is 5.60. The summed E-state index contributed by atoms with van der Waals surface area (Å²) in [5.41, 5.74) is 1.12. The standard InChI is InChI=1S/C16H24N2O2/c1-3-20-15-7-5-4-6-14(15)8-9-16(19)18-11-10-17-13(2)12-18/h4-7,13,17H,3,8-12H2,1-2H3. The van der Waals surface area contributed by atoms with E-state index >= 15 is 0 Å². The van der Waals surface area contributed by atoms with Gasteiger partial charge in [0, 0.05) is 32.1 Å². The van der Waals surface area contributed by atoms with Crippen molar-refractivity contribution < 1.29 is 9.53 Å². The van der Waals surface area contributed by atoms with Gasteiger partial charge in [-0.05, 0) is 31.9 Å². The molecule has 2 rings (SSSR count). The summed E-state index contributed by atoms with van der Waals surface area (Å²) >= 11 is 0. The number of nitrogens with zero attached hydrogens (tertiary/aromatic N) is 1. The predicted molar refractivity (Wildman–Crippen MR) is 80.0 cm³/mol. The van der Waals surface area contributed by atoms with Crippen LogP contribution in [0.15, 0.2) is 24.3 Å². The van der Waals surface area contributed by atoms with Gasteiger partial charge in [0.15, 0.2) is 0 Å². The van der Waals surface area contributed by atoms with Crippen LogP contribution in [-0.2, 0) is 11.2 Å². The Hall–Kier alpha value is -1.55. The van der Waals surface area contributed by atoms with Gasteiger partial charge in [-0.25, -0.2) is 0 Å². The van der Waals surface area contributed by atoms with Crippen molar-refractivity contribution in [2.24, 2.45) is 0 Å². The molecule has 1 amide bonds. The molecule has 4 nitrogen and oxygen atoms in total. The summed E-state index contributed by atoms with van der Waals surface area (Å²) in [4.78, 5) is 14.2. The molecule has 0 aliphatic carbocycles. The first-order valence-corrected chi connectivity index (χ1v) is 7.42. The third kappa shape index (κ3) is 3.97. The topological polar surface area (TPSA) is 41.6 Å². The molecule has 110 valence electrons. The van der Waals surface area contributed by atoms with Crippen LogP contribution < -0.4 is 10.1 Å². The first kappa shape index (κ1) is 14.9. The number of amides is 1. The van der Waals surface area contributed by atoms with E-state index in [1.54, 1.807) is 0 Å². The monoisotopic (exact) mass is 276 g/mol. The van der Waals surface area contributed by atoms with Crippen LogP contribution >= 0.6 is 0 Å². The number of hydrogen-bond acceptors (Lipinski definition) is 3. The van der Waals surface area contributed by atoms with Gasteiger partial charge in [-0.1, -0.05) is 18.2 Å². The largest absolute Gasteiger partial charge is 0.494 e. The minimum Gasteiger partial charge on any atom is -0.494 e. The van der Waals surface area contributed by atoms with Crippen molar-refractivity contribution in [2.75, 3.05) is 26.2 Å². The Balaban J connectivity index is 1.89. The number of aryl methyl sites for hydroxylation is 1. The summed E-state index contributed by atoms with van der Waals surface area (Å²) in [6.45, 7) is 7.26. The first-order chi connectivity index (χ1) is 9.70. The number of nitrogens with one attached hydrogen (secondary N) is 1. The Morgan fingerprint density at radius 1 is 1.45 bits per heavy atom. The van der Waals surface area contributed by atoms with E-state index < -0.39 is 0 Å². The molecule has 1 N–H and O–H groups in total. The molecule has 20 heavy (non-hydrogen) atoms. The maximum atomic E-state index is 12.2. The molecule has 1 atom stereocenters. The summed E-state index contributed by atoms with van der Waals surface area (Å²) in [6, 6.07) is 8.36. The summed E-state index contributed by atoms with van der Waals surface area (Å²) in [5.74, 6) is 1.14. The maximum Gasteiger partial charge on any atom is 0.223 e. The number of hydrogen-bond donors (Lipinski definition) is 1. The van der Waals surface area contributed by atoms with Crippen LogP contribution in [0.4, 0.5) is 0 Å². The third-order valence-corrected chi connectivity index (χ3v) is 3.60. The van der Waals surface area contributed by atoms with Crippen molar-refractivity contribution in [3.8, 4) is 5.75 Å². The lowest BCUT2D eigenvalue weighted by atomic mass is 10.1. The van der Waals surface area contributed by atoms with Crippen LogP contribution in [0.1, 0.15) is 25.8 Å². The van der Waals surface area contributed by atoms with Gasteiger partial charge in [0.05, 0.1) is 6.61 Å². The maximum absolute atomic E-state index is 12.2. The number of carbonyl (C=O) groups excluding carboxylic acids is 1. The second-order valence-corrected chi connectivity index (χ2v) is 5.24. The molecule has 1 unspecified atom stereocenters. The van der Waals surface area contributed by atoms with Crippen LogP contribution in [0.2, 0.25) is 0 Å². The fourth-order valence-electron chi connectivity index (χ4n) is 2.57.